The molecule has 0 saturated heterocycles. The number of hydrogen-bond acceptors (Lipinski definition) is 7. The smallest absolute Gasteiger partial charge is 0.350 e. The van der Waals surface area contributed by atoms with Crippen molar-refractivity contribution in [3.8, 4) is 0 Å². The molecular formula is C17H16ClNO5S2. The Morgan fingerprint density at radius 3 is 2.73 bits per heavy atom. The molecule has 0 atom stereocenters. The van der Waals surface area contributed by atoms with Crippen LogP contribution >= 0.6 is 34.7 Å². The van der Waals surface area contributed by atoms with E-state index in [1.165, 1.54) is 18.9 Å². The van der Waals surface area contributed by atoms with Crippen LogP contribution in [-0.2, 0) is 19.1 Å². The Kier molecular flexibility index (Phi) is 7.96. The third kappa shape index (κ3) is 6.05. The van der Waals surface area contributed by atoms with E-state index in [9.17, 15) is 14.4 Å². The van der Waals surface area contributed by atoms with Crippen molar-refractivity contribution in [1.29, 1.82) is 0 Å². The molecule has 0 spiro atoms. The molecule has 9 heteroatoms. The molecule has 1 aromatic carbocycles. The van der Waals surface area contributed by atoms with Gasteiger partial charge in [-0.2, -0.15) is 0 Å². The Bertz CT molecular complexity index is 793. The molecule has 0 radical (unpaired) electrons. The van der Waals surface area contributed by atoms with E-state index in [1.54, 1.807) is 17.5 Å². The minimum absolute atomic E-state index is 0.148. The number of carbonyl (C=O) groups is 3. The van der Waals surface area contributed by atoms with E-state index < -0.39 is 24.5 Å². The van der Waals surface area contributed by atoms with Gasteiger partial charge in [0.25, 0.3) is 5.91 Å². The highest BCUT2D eigenvalue weighted by Crippen LogP contribution is 2.27. The highest BCUT2D eigenvalue weighted by molar-refractivity contribution is 7.99. The molecule has 0 aliphatic rings. The van der Waals surface area contributed by atoms with Crippen molar-refractivity contribution in [2.24, 2.45) is 0 Å². The van der Waals surface area contributed by atoms with Gasteiger partial charge in [0.2, 0.25) is 0 Å². The van der Waals surface area contributed by atoms with Gasteiger partial charge in [0.05, 0.1) is 24.2 Å². The normalized spacial score (nSPS) is 10.2. The molecule has 0 saturated carbocycles. The van der Waals surface area contributed by atoms with E-state index in [0.29, 0.717) is 16.5 Å². The van der Waals surface area contributed by atoms with Gasteiger partial charge in [0.1, 0.15) is 4.88 Å². The minimum atomic E-state index is -0.538. The van der Waals surface area contributed by atoms with Crippen molar-refractivity contribution in [2.45, 2.75) is 11.3 Å². The lowest BCUT2D eigenvalue weighted by Crippen LogP contribution is -2.21. The van der Waals surface area contributed by atoms with Gasteiger partial charge in [0, 0.05) is 10.6 Å². The number of amides is 1. The maximum Gasteiger partial charge on any atom is 0.350 e. The maximum absolute atomic E-state index is 11.9. The summed E-state index contributed by atoms with van der Waals surface area (Å²) in [6, 6.07) is 8.92. The summed E-state index contributed by atoms with van der Waals surface area (Å²) >= 11 is 8.62. The number of carbonyl (C=O) groups excluding carboxylic acids is 3. The van der Waals surface area contributed by atoms with E-state index in [0.717, 1.165) is 16.2 Å². The van der Waals surface area contributed by atoms with E-state index in [4.69, 9.17) is 16.3 Å². The van der Waals surface area contributed by atoms with Gasteiger partial charge in [-0.25, -0.2) is 4.79 Å². The van der Waals surface area contributed by atoms with Gasteiger partial charge in [-0.1, -0.05) is 23.7 Å². The number of hydrogen-bond donors (Lipinski definition) is 1. The third-order valence-electron chi connectivity index (χ3n) is 3.07. The number of methoxy groups -OCH3 is 1. The topological polar surface area (TPSA) is 81.7 Å². The number of benzene rings is 1. The third-order valence-corrected chi connectivity index (χ3v) is 5.49. The molecule has 0 aliphatic heterocycles. The number of anilines is 1. The fourth-order valence-corrected chi connectivity index (χ4v) is 3.80. The van der Waals surface area contributed by atoms with Crippen molar-refractivity contribution in [1.82, 2.24) is 0 Å². The van der Waals surface area contributed by atoms with E-state index in [-0.39, 0.29) is 11.3 Å². The summed E-state index contributed by atoms with van der Waals surface area (Å²) in [7, 11) is 1.26. The first kappa shape index (κ1) is 20.3. The van der Waals surface area contributed by atoms with Crippen molar-refractivity contribution in [3.63, 3.8) is 0 Å². The lowest BCUT2D eigenvalue weighted by Gasteiger charge is -2.07. The van der Waals surface area contributed by atoms with Gasteiger partial charge >= 0.3 is 11.9 Å². The zero-order valence-electron chi connectivity index (χ0n) is 13.8. The molecule has 0 fully saturated rings. The number of nitrogens with one attached hydrogen (secondary N) is 1. The summed E-state index contributed by atoms with van der Waals surface area (Å²) in [5.74, 6) is -1.07. The van der Waals surface area contributed by atoms with Gasteiger partial charge in [-0.15, -0.1) is 23.1 Å². The van der Waals surface area contributed by atoms with Crippen LogP contribution in [0.4, 0.5) is 5.69 Å². The Labute approximate surface area is 163 Å². The van der Waals surface area contributed by atoms with E-state index >= 15 is 0 Å². The molecule has 0 bridgehead atoms. The molecule has 0 aliphatic carbocycles. The average molecular weight is 414 g/mol. The van der Waals surface area contributed by atoms with Gasteiger partial charge in [0.15, 0.2) is 6.61 Å². The number of thiophene rings is 1. The largest absolute Gasteiger partial charge is 0.465 e. The Hall–Kier alpha value is -2.03. The Morgan fingerprint density at radius 1 is 1.23 bits per heavy atom. The summed E-state index contributed by atoms with van der Waals surface area (Å²) in [6.45, 7) is -0.425. The molecule has 0 unspecified atom stereocenters. The number of rotatable bonds is 8. The highest BCUT2D eigenvalue weighted by Gasteiger charge is 2.16. The standard InChI is InChI=1S/C17H16ClNO5S2/c1-23-17(22)16-12(6-8-26-16)19-14(20)10-24-15(21)7-9-25-13-5-3-2-4-11(13)18/h2-6,8H,7,9-10H2,1H3,(H,19,20). The fraction of sp³-hybridized carbons (Fsp3) is 0.235. The molecular weight excluding hydrogens is 398 g/mol. The highest BCUT2D eigenvalue weighted by atomic mass is 35.5. The Morgan fingerprint density at radius 2 is 2.00 bits per heavy atom. The van der Waals surface area contributed by atoms with Gasteiger partial charge in [-0.3, -0.25) is 9.59 Å². The molecule has 2 aromatic rings. The molecule has 1 aromatic heterocycles. The first-order valence-electron chi connectivity index (χ1n) is 7.50. The van der Waals surface area contributed by atoms with Crippen molar-refractivity contribution < 1.29 is 23.9 Å². The summed E-state index contributed by atoms with van der Waals surface area (Å²) < 4.78 is 9.56. The maximum atomic E-state index is 11.9. The molecule has 6 nitrogen and oxygen atoms in total. The van der Waals surface area contributed by atoms with E-state index in [2.05, 4.69) is 10.1 Å². The van der Waals surface area contributed by atoms with Crippen LogP contribution in [0.15, 0.2) is 40.6 Å². The molecule has 26 heavy (non-hydrogen) atoms. The van der Waals surface area contributed by atoms with Crippen molar-refractivity contribution in [2.75, 3.05) is 24.8 Å². The van der Waals surface area contributed by atoms with Crippen LogP contribution in [0.3, 0.4) is 0 Å². The lowest BCUT2D eigenvalue weighted by molar-refractivity contribution is -0.146. The second-order valence-electron chi connectivity index (χ2n) is 4.89. The zero-order chi connectivity index (χ0) is 18.9. The zero-order valence-corrected chi connectivity index (χ0v) is 16.2. The molecule has 1 heterocycles. The predicted octanol–water partition coefficient (Wildman–Crippen LogP) is 3.85. The lowest BCUT2D eigenvalue weighted by atomic mass is 10.4. The first-order valence-corrected chi connectivity index (χ1v) is 9.74. The number of esters is 2. The van der Waals surface area contributed by atoms with Crippen LogP contribution < -0.4 is 5.32 Å². The predicted molar refractivity (Wildman–Crippen MR) is 102 cm³/mol. The average Bonchev–Trinajstić information content (AvgIpc) is 3.09. The van der Waals surface area contributed by atoms with Crippen molar-refractivity contribution >= 4 is 58.2 Å². The van der Waals surface area contributed by atoms with Crippen LogP contribution in [0.5, 0.6) is 0 Å². The van der Waals surface area contributed by atoms with Crippen LogP contribution in [0.2, 0.25) is 5.02 Å². The minimum Gasteiger partial charge on any atom is -0.465 e. The summed E-state index contributed by atoms with van der Waals surface area (Å²) in [5.41, 5.74) is 0.331. The number of ether oxygens (including phenoxy) is 2. The van der Waals surface area contributed by atoms with Gasteiger partial charge < -0.3 is 14.8 Å². The Balaban J connectivity index is 1.72. The second kappa shape index (κ2) is 10.2. The monoisotopic (exact) mass is 413 g/mol. The fourth-order valence-electron chi connectivity index (χ4n) is 1.87. The van der Waals surface area contributed by atoms with Crippen LogP contribution in [0, 0.1) is 0 Å². The molecule has 2 rings (SSSR count). The van der Waals surface area contributed by atoms with Crippen LogP contribution in [0.1, 0.15) is 16.1 Å². The molecule has 1 amide bonds. The quantitative estimate of drug-likeness (QED) is 0.522. The summed E-state index contributed by atoms with van der Waals surface area (Å²) in [5, 5.41) is 4.80. The first-order chi connectivity index (χ1) is 12.5. The second-order valence-corrected chi connectivity index (χ2v) is 7.35. The summed E-state index contributed by atoms with van der Waals surface area (Å²) in [4.78, 5) is 36.3. The van der Waals surface area contributed by atoms with Crippen LogP contribution in [0.25, 0.3) is 0 Å². The molecule has 138 valence electrons. The van der Waals surface area contributed by atoms with Crippen LogP contribution in [-0.4, -0.2) is 37.3 Å². The SMILES string of the molecule is COC(=O)c1sccc1NC(=O)COC(=O)CCSc1ccccc1Cl. The number of halogens is 1. The van der Waals surface area contributed by atoms with E-state index in [1.807, 2.05) is 18.2 Å². The number of thioether (sulfide) groups is 1. The van der Waals surface area contributed by atoms with Gasteiger partial charge in [-0.05, 0) is 23.6 Å². The molecule has 1 N–H and O–H groups in total. The summed E-state index contributed by atoms with van der Waals surface area (Å²) in [6.07, 6.45) is 0.148. The van der Waals surface area contributed by atoms with Crippen molar-refractivity contribution in [3.05, 3.63) is 45.6 Å².